The molecule has 0 bridgehead atoms. The normalized spacial score (nSPS) is 37.0. The van der Waals surface area contributed by atoms with Crippen LogP contribution in [-0.2, 0) is 0 Å². The van der Waals surface area contributed by atoms with E-state index in [9.17, 15) is 5.11 Å². The van der Waals surface area contributed by atoms with Crippen LogP contribution in [0.4, 0.5) is 0 Å². The van der Waals surface area contributed by atoms with Crippen LogP contribution in [0.3, 0.4) is 0 Å². The number of aliphatic hydroxyl groups excluding tert-OH is 1. The van der Waals surface area contributed by atoms with E-state index in [2.05, 4.69) is 19.1 Å². The Bertz CT molecular complexity index is 313. The van der Waals surface area contributed by atoms with Crippen LogP contribution < -0.4 is 5.73 Å². The lowest BCUT2D eigenvalue weighted by molar-refractivity contribution is 0.0888. The van der Waals surface area contributed by atoms with Gasteiger partial charge in [0.15, 0.2) is 0 Å². The molecule has 20 heavy (non-hydrogen) atoms. The monoisotopic (exact) mass is 279 g/mol. The first-order chi connectivity index (χ1) is 9.63. The molecule has 0 heterocycles. The van der Waals surface area contributed by atoms with Crippen molar-refractivity contribution in [3.8, 4) is 0 Å². The summed E-state index contributed by atoms with van der Waals surface area (Å²) in [5.41, 5.74) is 5.81. The Kier molecular flexibility index (Phi) is 6.10. The Balaban J connectivity index is 1.99. The van der Waals surface area contributed by atoms with Gasteiger partial charge in [0.05, 0.1) is 6.10 Å². The maximum atomic E-state index is 10.0. The summed E-state index contributed by atoms with van der Waals surface area (Å²) in [6.07, 6.45) is 14.7. The highest BCUT2D eigenvalue weighted by Crippen LogP contribution is 2.50. The predicted octanol–water partition coefficient (Wildman–Crippen LogP) is 3.88. The van der Waals surface area contributed by atoms with Crippen molar-refractivity contribution in [3.05, 3.63) is 12.2 Å². The lowest BCUT2D eigenvalue weighted by atomic mass is 9.66. The lowest BCUT2D eigenvalue weighted by Crippen LogP contribution is -2.35. The van der Waals surface area contributed by atoms with Crippen LogP contribution in [0.2, 0.25) is 0 Å². The molecule has 0 radical (unpaired) electrons. The molecule has 2 aliphatic carbocycles. The number of aliphatic hydroxyl groups is 1. The van der Waals surface area contributed by atoms with Crippen molar-refractivity contribution >= 4 is 0 Å². The summed E-state index contributed by atoms with van der Waals surface area (Å²) in [5.74, 6) is 3.41. The van der Waals surface area contributed by atoms with Gasteiger partial charge < -0.3 is 10.8 Å². The Morgan fingerprint density at radius 2 is 2.05 bits per heavy atom. The number of hydrogen-bond acceptors (Lipinski definition) is 2. The number of fused-ring (bicyclic) bond motifs is 1. The van der Waals surface area contributed by atoms with Gasteiger partial charge in [0.2, 0.25) is 0 Å². The van der Waals surface area contributed by atoms with Crippen molar-refractivity contribution < 1.29 is 5.11 Å². The molecule has 2 saturated carbocycles. The topological polar surface area (TPSA) is 46.2 Å². The zero-order chi connectivity index (χ0) is 14.5. The smallest absolute Gasteiger partial charge is 0.0688 e. The Morgan fingerprint density at radius 1 is 1.25 bits per heavy atom. The molecule has 0 saturated heterocycles. The van der Waals surface area contributed by atoms with Crippen LogP contribution in [-0.4, -0.2) is 17.3 Å². The number of allylic oxidation sites excluding steroid dienone is 2. The van der Waals surface area contributed by atoms with Gasteiger partial charge in [0, 0.05) is 6.04 Å². The third kappa shape index (κ3) is 3.85. The first-order valence-electron chi connectivity index (χ1n) is 8.73. The molecule has 0 aromatic rings. The largest absolute Gasteiger partial charge is 0.392 e. The van der Waals surface area contributed by atoms with E-state index in [1.54, 1.807) is 0 Å². The molecule has 116 valence electrons. The quantitative estimate of drug-likeness (QED) is 0.725. The summed E-state index contributed by atoms with van der Waals surface area (Å²) >= 11 is 0. The second kappa shape index (κ2) is 7.61. The predicted molar refractivity (Wildman–Crippen MR) is 85.4 cm³/mol. The van der Waals surface area contributed by atoms with Gasteiger partial charge in [-0.05, 0) is 69.1 Å². The SMILES string of the molecule is CC/C=C/[C@@H]1CC[C@@H]2CCC[C@H]2[C@@H]1CC[C@H](O)[C@H](C)N. The summed E-state index contributed by atoms with van der Waals surface area (Å²) in [7, 11) is 0. The molecular formula is C18H33NO. The fourth-order valence-corrected chi connectivity index (χ4v) is 4.53. The fraction of sp³-hybridized carbons (Fsp3) is 0.889. The van der Waals surface area contributed by atoms with Crippen LogP contribution in [0, 0.1) is 23.7 Å². The van der Waals surface area contributed by atoms with E-state index >= 15 is 0 Å². The minimum atomic E-state index is -0.326. The van der Waals surface area contributed by atoms with Crippen molar-refractivity contribution in [1.29, 1.82) is 0 Å². The summed E-state index contributed by atoms with van der Waals surface area (Å²) in [6, 6.07) is -0.0948. The number of rotatable bonds is 6. The molecule has 2 nitrogen and oxygen atoms in total. The van der Waals surface area contributed by atoms with Crippen molar-refractivity contribution in [1.82, 2.24) is 0 Å². The number of nitrogens with two attached hydrogens (primary N) is 1. The van der Waals surface area contributed by atoms with Crippen LogP contribution in [0.5, 0.6) is 0 Å². The molecule has 2 aliphatic rings. The zero-order valence-electron chi connectivity index (χ0n) is 13.3. The van der Waals surface area contributed by atoms with Gasteiger partial charge in [0.1, 0.15) is 0 Å². The maximum Gasteiger partial charge on any atom is 0.0688 e. The van der Waals surface area contributed by atoms with Crippen LogP contribution in [0.1, 0.15) is 65.2 Å². The van der Waals surface area contributed by atoms with E-state index in [0.29, 0.717) is 0 Å². The third-order valence-corrected chi connectivity index (χ3v) is 5.71. The molecule has 0 aromatic heterocycles. The molecule has 0 unspecified atom stereocenters. The molecule has 0 spiro atoms. The van der Waals surface area contributed by atoms with Gasteiger partial charge in [-0.1, -0.05) is 31.9 Å². The molecule has 0 aliphatic heterocycles. The van der Waals surface area contributed by atoms with Crippen LogP contribution >= 0.6 is 0 Å². The van der Waals surface area contributed by atoms with Gasteiger partial charge in [-0.25, -0.2) is 0 Å². The van der Waals surface area contributed by atoms with E-state index in [1.807, 2.05) is 6.92 Å². The van der Waals surface area contributed by atoms with Crippen molar-refractivity contribution in [2.24, 2.45) is 29.4 Å². The molecule has 0 amide bonds. The Morgan fingerprint density at radius 3 is 2.75 bits per heavy atom. The average molecular weight is 279 g/mol. The standard InChI is InChI=1S/C18H33NO/c1-3-4-6-14-9-10-15-7-5-8-16(15)17(14)11-12-18(20)13(2)19/h4,6,13-18,20H,3,5,7-12,19H2,1-2H3/b6-4+/t13-,14+,15-,16+,17+,18-/m0/s1. The highest BCUT2D eigenvalue weighted by Gasteiger charge is 2.40. The maximum absolute atomic E-state index is 10.0. The highest BCUT2D eigenvalue weighted by molar-refractivity contribution is 4.99. The molecule has 3 N–H and O–H groups in total. The van der Waals surface area contributed by atoms with Gasteiger partial charge in [0.25, 0.3) is 0 Å². The summed E-state index contributed by atoms with van der Waals surface area (Å²) in [5, 5.41) is 10.0. The summed E-state index contributed by atoms with van der Waals surface area (Å²) in [4.78, 5) is 0. The Hall–Kier alpha value is -0.340. The van der Waals surface area contributed by atoms with Crippen molar-refractivity contribution in [3.63, 3.8) is 0 Å². The molecule has 0 aromatic carbocycles. The first kappa shape index (κ1) is 16.0. The third-order valence-electron chi connectivity index (χ3n) is 5.71. The molecular weight excluding hydrogens is 246 g/mol. The van der Waals surface area contributed by atoms with Crippen LogP contribution in [0.25, 0.3) is 0 Å². The fourth-order valence-electron chi connectivity index (χ4n) is 4.53. The summed E-state index contributed by atoms with van der Waals surface area (Å²) in [6.45, 7) is 4.13. The van der Waals surface area contributed by atoms with E-state index in [-0.39, 0.29) is 12.1 Å². The van der Waals surface area contributed by atoms with E-state index in [4.69, 9.17) is 5.73 Å². The zero-order valence-corrected chi connectivity index (χ0v) is 13.3. The molecule has 2 fully saturated rings. The van der Waals surface area contributed by atoms with Gasteiger partial charge >= 0.3 is 0 Å². The van der Waals surface area contributed by atoms with Crippen molar-refractivity contribution in [2.75, 3.05) is 0 Å². The minimum Gasteiger partial charge on any atom is -0.392 e. The van der Waals surface area contributed by atoms with E-state index in [0.717, 1.165) is 42.9 Å². The molecule has 2 heteroatoms. The molecule has 6 atom stereocenters. The van der Waals surface area contributed by atoms with Gasteiger partial charge in [-0.2, -0.15) is 0 Å². The van der Waals surface area contributed by atoms with E-state index < -0.39 is 0 Å². The average Bonchev–Trinajstić information content (AvgIpc) is 2.90. The first-order valence-corrected chi connectivity index (χ1v) is 8.73. The van der Waals surface area contributed by atoms with Gasteiger partial charge in [-0.3, -0.25) is 0 Å². The van der Waals surface area contributed by atoms with Crippen LogP contribution in [0.15, 0.2) is 12.2 Å². The number of hydrogen-bond donors (Lipinski definition) is 2. The minimum absolute atomic E-state index is 0.0948. The van der Waals surface area contributed by atoms with Gasteiger partial charge in [-0.15, -0.1) is 0 Å². The van der Waals surface area contributed by atoms with E-state index in [1.165, 1.54) is 32.1 Å². The summed E-state index contributed by atoms with van der Waals surface area (Å²) < 4.78 is 0. The Labute approximate surface area is 124 Å². The second-order valence-corrected chi connectivity index (χ2v) is 7.10. The second-order valence-electron chi connectivity index (χ2n) is 7.10. The lowest BCUT2D eigenvalue weighted by Gasteiger charge is -2.40. The highest BCUT2D eigenvalue weighted by atomic mass is 16.3. The van der Waals surface area contributed by atoms with Crippen molar-refractivity contribution in [2.45, 2.75) is 77.4 Å². The molecule has 2 rings (SSSR count).